The summed E-state index contributed by atoms with van der Waals surface area (Å²) in [6.07, 6.45) is -1.15. The van der Waals surface area contributed by atoms with Gasteiger partial charge in [-0.25, -0.2) is 4.79 Å². The minimum Gasteiger partial charge on any atom is -0.481 e. The van der Waals surface area contributed by atoms with Gasteiger partial charge >= 0.3 is 19.5 Å². The van der Waals surface area contributed by atoms with E-state index in [0.29, 0.717) is 19.4 Å². The molecule has 0 aromatic heterocycles. The monoisotopic (exact) mass is 324 g/mol. The third-order valence-electron chi connectivity index (χ3n) is 3.41. The number of hydrogen-bond donors (Lipinski definition) is 3. The lowest BCUT2D eigenvalue weighted by Crippen LogP contribution is -2.30. The van der Waals surface area contributed by atoms with Crippen LogP contribution in [0.4, 0.5) is 0 Å². The Morgan fingerprint density at radius 1 is 1.43 bits per heavy atom. The maximum absolute atomic E-state index is 12.3. The van der Waals surface area contributed by atoms with Gasteiger partial charge in [-0.2, -0.15) is 0 Å². The predicted molar refractivity (Wildman–Crippen MR) is 72.3 cm³/mol. The highest BCUT2D eigenvalue weighted by atomic mass is 31.2. The summed E-state index contributed by atoms with van der Waals surface area (Å²) in [5, 5.41) is 17.6. The van der Waals surface area contributed by atoms with Crippen molar-refractivity contribution in [3.05, 3.63) is 0 Å². The van der Waals surface area contributed by atoms with Gasteiger partial charge in [0.25, 0.3) is 0 Å². The molecule has 0 saturated carbocycles. The van der Waals surface area contributed by atoms with Crippen molar-refractivity contribution in [3.8, 4) is 0 Å². The molecule has 0 aliphatic carbocycles. The lowest BCUT2D eigenvalue weighted by atomic mass is 10.1. The first-order chi connectivity index (χ1) is 9.77. The van der Waals surface area contributed by atoms with E-state index in [4.69, 9.17) is 19.5 Å². The van der Waals surface area contributed by atoms with E-state index in [1.807, 2.05) is 0 Å². The fourth-order valence-electron chi connectivity index (χ4n) is 2.35. The zero-order chi connectivity index (χ0) is 16.0. The molecule has 1 aliphatic rings. The molecule has 21 heavy (non-hydrogen) atoms. The third kappa shape index (κ3) is 5.39. The quantitative estimate of drug-likeness (QED) is 0.543. The Bertz CT molecular complexity index is 417. The molecule has 122 valence electrons. The van der Waals surface area contributed by atoms with Gasteiger partial charge in [0, 0.05) is 13.0 Å². The SMILES string of the molecule is CCC(C1CCCO1)P(=O)(O)OC(CCC(=O)O)C(=O)O. The first-order valence-corrected chi connectivity index (χ1v) is 8.49. The van der Waals surface area contributed by atoms with E-state index in [0.717, 1.165) is 6.42 Å². The van der Waals surface area contributed by atoms with Crippen LogP contribution in [0.25, 0.3) is 0 Å². The van der Waals surface area contributed by atoms with Crippen LogP contribution in [0, 0.1) is 0 Å². The Morgan fingerprint density at radius 2 is 2.10 bits per heavy atom. The van der Waals surface area contributed by atoms with E-state index >= 15 is 0 Å². The van der Waals surface area contributed by atoms with Gasteiger partial charge < -0.3 is 19.8 Å². The van der Waals surface area contributed by atoms with Crippen molar-refractivity contribution in [2.75, 3.05) is 6.61 Å². The molecule has 9 heteroatoms. The van der Waals surface area contributed by atoms with Crippen LogP contribution in [0.15, 0.2) is 0 Å². The van der Waals surface area contributed by atoms with Gasteiger partial charge in [0.1, 0.15) is 0 Å². The number of aliphatic carboxylic acids is 2. The number of ether oxygens (including phenoxy) is 1. The summed E-state index contributed by atoms with van der Waals surface area (Å²) in [5.41, 5.74) is -0.799. The van der Waals surface area contributed by atoms with Gasteiger partial charge in [0.15, 0.2) is 6.10 Å². The minimum atomic E-state index is -4.22. The van der Waals surface area contributed by atoms with Gasteiger partial charge in [0.05, 0.1) is 11.8 Å². The third-order valence-corrected chi connectivity index (χ3v) is 5.50. The Balaban J connectivity index is 2.75. The van der Waals surface area contributed by atoms with Crippen LogP contribution in [0.2, 0.25) is 0 Å². The average Bonchev–Trinajstić information content (AvgIpc) is 2.88. The molecule has 4 atom stereocenters. The smallest absolute Gasteiger partial charge is 0.334 e. The highest BCUT2D eigenvalue weighted by Crippen LogP contribution is 2.53. The van der Waals surface area contributed by atoms with Gasteiger partial charge in [-0.05, 0) is 25.7 Å². The lowest BCUT2D eigenvalue weighted by molar-refractivity contribution is -0.146. The van der Waals surface area contributed by atoms with Crippen molar-refractivity contribution in [3.63, 3.8) is 0 Å². The van der Waals surface area contributed by atoms with Crippen LogP contribution in [0.5, 0.6) is 0 Å². The van der Waals surface area contributed by atoms with Crippen LogP contribution in [-0.2, 0) is 23.4 Å². The summed E-state index contributed by atoms with van der Waals surface area (Å²) >= 11 is 0. The van der Waals surface area contributed by atoms with Crippen LogP contribution in [0.1, 0.15) is 39.0 Å². The fourth-order valence-corrected chi connectivity index (χ4v) is 4.18. The zero-order valence-electron chi connectivity index (χ0n) is 11.8. The molecule has 1 saturated heterocycles. The normalized spacial score (nSPS) is 24.2. The second-order valence-corrected chi connectivity index (χ2v) is 6.96. The van der Waals surface area contributed by atoms with E-state index in [1.165, 1.54) is 0 Å². The summed E-state index contributed by atoms with van der Waals surface area (Å²) in [6, 6.07) is 0. The molecule has 1 rings (SSSR count). The molecule has 1 aliphatic heterocycles. The van der Waals surface area contributed by atoms with Crippen molar-refractivity contribution in [1.82, 2.24) is 0 Å². The standard InChI is InChI=1S/C12H21O8P/c1-2-10(8-4-3-7-19-8)21(17,18)20-9(12(15)16)5-6-11(13)14/h8-10H,2-7H2,1H3,(H,13,14)(H,15,16)(H,17,18). The Labute approximate surface area is 122 Å². The first-order valence-electron chi connectivity index (χ1n) is 6.85. The summed E-state index contributed by atoms with van der Waals surface area (Å²) in [7, 11) is -4.22. The molecule has 4 unspecified atom stereocenters. The minimum absolute atomic E-state index is 0.309. The first kappa shape index (κ1) is 18.1. The predicted octanol–water partition coefficient (Wildman–Crippen LogP) is 1.46. The van der Waals surface area contributed by atoms with E-state index in [-0.39, 0.29) is 6.42 Å². The maximum atomic E-state index is 12.3. The van der Waals surface area contributed by atoms with E-state index < -0.39 is 43.8 Å². The number of carboxylic acid groups (broad SMARTS) is 2. The lowest BCUT2D eigenvalue weighted by Gasteiger charge is -2.28. The summed E-state index contributed by atoms with van der Waals surface area (Å²) in [4.78, 5) is 31.6. The van der Waals surface area contributed by atoms with Crippen molar-refractivity contribution in [2.24, 2.45) is 0 Å². The average molecular weight is 324 g/mol. The molecule has 0 bridgehead atoms. The van der Waals surface area contributed by atoms with Gasteiger partial charge in [-0.15, -0.1) is 0 Å². The highest BCUT2D eigenvalue weighted by Gasteiger charge is 2.42. The van der Waals surface area contributed by atoms with Crippen LogP contribution in [0.3, 0.4) is 0 Å². The van der Waals surface area contributed by atoms with E-state index in [9.17, 15) is 19.0 Å². The summed E-state index contributed by atoms with van der Waals surface area (Å²) in [6.45, 7) is 2.20. The molecule has 0 spiro atoms. The van der Waals surface area contributed by atoms with E-state index in [1.54, 1.807) is 6.92 Å². The maximum Gasteiger partial charge on any atom is 0.334 e. The fraction of sp³-hybridized carbons (Fsp3) is 0.833. The number of rotatable bonds is 9. The van der Waals surface area contributed by atoms with Gasteiger partial charge in [-0.3, -0.25) is 13.9 Å². The molecule has 1 fully saturated rings. The molecule has 1 heterocycles. The Hall–Kier alpha value is -0.950. The second kappa shape index (κ2) is 7.89. The Kier molecular flexibility index (Phi) is 6.80. The van der Waals surface area contributed by atoms with Crippen LogP contribution >= 0.6 is 7.60 Å². The molecular weight excluding hydrogens is 303 g/mol. The molecule has 3 N–H and O–H groups in total. The summed E-state index contributed by atoms with van der Waals surface area (Å²) < 4.78 is 22.6. The largest absolute Gasteiger partial charge is 0.481 e. The Morgan fingerprint density at radius 3 is 2.52 bits per heavy atom. The van der Waals surface area contributed by atoms with Crippen LogP contribution < -0.4 is 0 Å². The molecule has 0 radical (unpaired) electrons. The molecule has 0 aromatic carbocycles. The van der Waals surface area contributed by atoms with Crippen molar-refractivity contribution in [2.45, 2.75) is 56.9 Å². The van der Waals surface area contributed by atoms with Crippen LogP contribution in [-0.4, -0.2) is 51.5 Å². The van der Waals surface area contributed by atoms with Gasteiger partial charge in [-0.1, -0.05) is 6.92 Å². The number of carboxylic acids is 2. The van der Waals surface area contributed by atoms with Crippen molar-refractivity contribution < 1.29 is 38.5 Å². The van der Waals surface area contributed by atoms with Crippen molar-refractivity contribution in [1.29, 1.82) is 0 Å². The number of carbonyl (C=O) groups is 2. The molecule has 0 amide bonds. The molecule has 0 aromatic rings. The van der Waals surface area contributed by atoms with E-state index in [2.05, 4.69) is 0 Å². The topological polar surface area (TPSA) is 130 Å². The molecular formula is C12H21O8P. The number of hydrogen-bond acceptors (Lipinski definition) is 5. The van der Waals surface area contributed by atoms with Gasteiger partial charge in [0.2, 0.25) is 0 Å². The molecule has 8 nitrogen and oxygen atoms in total. The summed E-state index contributed by atoms with van der Waals surface area (Å²) in [5.74, 6) is -2.64. The van der Waals surface area contributed by atoms with Crippen molar-refractivity contribution >= 4 is 19.5 Å². The second-order valence-electron chi connectivity index (χ2n) is 4.96. The highest BCUT2D eigenvalue weighted by molar-refractivity contribution is 7.53. The zero-order valence-corrected chi connectivity index (χ0v) is 12.7.